The maximum Gasteiger partial charge on any atom is 0.315 e. The first-order valence-corrected chi connectivity index (χ1v) is 8.20. The summed E-state index contributed by atoms with van der Waals surface area (Å²) in [5.41, 5.74) is 0.870. The van der Waals surface area contributed by atoms with Crippen LogP contribution in [0.4, 0.5) is 4.79 Å². The fourth-order valence-corrected chi connectivity index (χ4v) is 3.11. The summed E-state index contributed by atoms with van der Waals surface area (Å²) in [6.45, 7) is 4.27. The Labute approximate surface area is 132 Å². The summed E-state index contributed by atoms with van der Waals surface area (Å²) in [5, 5.41) is 15.5. The van der Waals surface area contributed by atoms with Crippen LogP contribution in [-0.2, 0) is 0 Å². The standard InChI is InChI=1S/C17H27N3O2/c1-12(2)16(15-9-5-6-10-18-15)20-17(22)19-14-8-4-3-7-13(14)11-21/h5-6,9-10,12-14,16,21H,3-4,7-8,11H2,1-2H3,(H2,19,20,22)/t13-,14-,16-/m1/s1. The average Bonchev–Trinajstić information content (AvgIpc) is 2.53. The van der Waals surface area contributed by atoms with Gasteiger partial charge in [0.1, 0.15) is 0 Å². The zero-order chi connectivity index (χ0) is 15.9. The molecule has 0 bridgehead atoms. The molecule has 3 N–H and O–H groups in total. The molecule has 1 fully saturated rings. The fraction of sp³-hybridized carbons (Fsp3) is 0.647. The third kappa shape index (κ3) is 4.44. The number of nitrogens with zero attached hydrogens (tertiary/aromatic N) is 1. The van der Waals surface area contributed by atoms with Gasteiger partial charge in [0.05, 0.1) is 11.7 Å². The Morgan fingerprint density at radius 3 is 2.77 bits per heavy atom. The summed E-state index contributed by atoms with van der Waals surface area (Å²) < 4.78 is 0. The monoisotopic (exact) mass is 305 g/mol. The van der Waals surface area contributed by atoms with Crippen LogP contribution in [0.1, 0.15) is 51.3 Å². The third-order valence-corrected chi connectivity index (χ3v) is 4.42. The van der Waals surface area contributed by atoms with Crippen LogP contribution >= 0.6 is 0 Å². The van der Waals surface area contributed by atoms with Gasteiger partial charge in [0.2, 0.25) is 0 Å². The molecular weight excluding hydrogens is 278 g/mol. The fourth-order valence-electron chi connectivity index (χ4n) is 3.11. The first-order valence-electron chi connectivity index (χ1n) is 8.20. The number of aromatic nitrogens is 1. The van der Waals surface area contributed by atoms with E-state index in [1.807, 2.05) is 18.2 Å². The van der Waals surface area contributed by atoms with Gasteiger partial charge in [-0.25, -0.2) is 4.79 Å². The van der Waals surface area contributed by atoms with Crippen LogP contribution in [0.3, 0.4) is 0 Å². The third-order valence-electron chi connectivity index (χ3n) is 4.42. The van der Waals surface area contributed by atoms with Gasteiger partial charge in [-0.15, -0.1) is 0 Å². The van der Waals surface area contributed by atoms with Crippen molar-refractivity contribution in [2.45, 2.75) is 51.6 Å². The molecule has 1 aromatic rings. The van der Waals surface area contributed by atoms with Crippen molar-refractivity contribution in [3.05, 3.63) is 30.1 Å². The molecule has 2 amide bonds. The number of rotatable bonds is 5. The van der Waals surface area contributed by atoms with Crippen molar-refractivity contribution in [2.24, 2.45) is 11.8 Å². The smallest absolute Gasteiger partial charge is 0.315 e. The number of hydrogen-bond acceptors (Lipinski definition) is 3. The van der Waals surface area contributed by atoms with Gasteiger partial charge in [0, 0.05) is 24.8 Å². The van der Waals surface area contributed by atoms with Crippen LogP contribution in [0.25, 0.3) is 0 Å². The highest BCUT2D eigenvalue weighted by Crippen LogP contribution is 2.24. The lowest BCUT2D eigenvalue weighted by Gasteiger charge is -2.32. The normalized spacial score (nSPS) is 23.1. The minimum atomic E-state index is -0.172. The summed E-state index contributed by atoms with van der Waals surface area (Å²) in [4.78, 5) is 16.7. The second kappa shape index (κ2) is 8.13. The molecule has 1 saturated carbocycles. The molecule has 5 nitrogen and oxygen atoms in total. The molecule has 5 heteroatoms. The van der Waals surface area contributed by atoms with Crippen LogP contribution in [-0.4, -0.2) is 28.8 Å². The lowest BCUT2D eigenvalue weighted by Crippen LogP contribution is -2.49. The number of hydrogen-bond donors (Lipinski definition) is 3. The van der Waals surface area contributed by atoms with Gasteiger partial charge in [-0.3, -0.25) is 4.98 Å². The van der Waals surface area contributed by atoms with Gasteiger partial charge >= 0.3 is 6.03 Å². The van der Waals surface area contributed by atoms with E-state index < -0.39 is 0 Å². The zero-order valence-electron chi connectivity index (χ0n) is 13.5. The SMILES string of the molecule is CC(C)[C@@H](NC(=O)N[C@@H]1CCCC[C@@H]1CO)c1ccccn1. The van der Waals surface area contributed by atoms with E-state index in [4.69, 9.17) is 0 Å². The van der Waals surface area contributed by atoms with Crippen molar-refractivity contribution < 1.29 is 9.90 Å². The lowest BCUT2D eigenvalue weighted by molar-refractivity contribution is 0.152. The molecule has 0 radical (unpaired) electrons. The van der Waals surface area contributed by atoms with E-state index in [2.05, 4.69) is 29.5 Å². The largest absolute Gasteiger partial charge is 0.396 e. The summed E-state index contributed by atoms with van der Waals surface area (Å²) in [7, 11) is 0. The predicted octanol–water partition coefficient (Wildman–Crippen LogP) is 2.63. The number of aliphatic hydroxyl groups excluding tert-OH is 1. The van der Waals surface area contributed by atoms with Crippen molar-refractivity contribution in [1.82, 2.24) is 15.6 Å². The van der Waals surface area contributed by atoms with Crippen LogP contribution < -0.4 is 10.6 Å². The molecule has 0 saturated heterocycles. The number of carbonyl (C=O) groups is 1. The Hall–Kier alpha value is -1.62. The second-order valence-electron chi connectivity index (χ2n) is 6.43. The molecule has 1 aliphatic rings. The molecule has 1 aromatic heterocycles. The van der Waals surface area contributed by atoms with Gasteiger partial charge in [-0.2, -0.15) is 0 Å². The number of pyridine rings is 1. The van der Waals surface area contributed by atoms with E-state index in [0.717, 1.165) is 31.4 Å². The van der Waals surface area contributed by atoms with Crippen LogP contribution in [0.5, 0.6) is 0 Å². The van der Waals surface area contributed by atoms with Gasteiger partial charge in [0.15, 0.2) is 0 Å². The Bertz CT molecular complexity index is 464. The minimum Gasteiger partial charge on any atom is -0.396 e. The zero-order valence-corrected chi connectivity index (χ0v) is 13.5. The van der Waals surface area contributed by atoms with E-state index in [1.54, 1.807) is 6.20 Å². The minimum absolute atomic E-state index is 0.0651. The van der Waals surface area contributed by atoms with E-state index in [-0.39, 0.29) is 36.6 Å². The molecule has 1 heterocycles. The maximum absolute atomic E-state index is 12.3. The number of nitrogens with one attached hydrogen (secondary N) is 2. The highest BCUT2D eigenvalue weighted by Gasteiger charge is 2.27. The highest BCUT2D eigenvalue weighted by atomic mass is 16.3. The molecular formula is C17H27N3O2. The van der Waals surface area contributed by atoms with Gasteiger partial charge < -0.3 is 15.7 Å². The Kier molecular flexibility index (Phi) is 6.19. The molecule has 0 aromatic carbocycles. The van der Waals surface area contributed by atoms with Crippen LogP contribution in [0, 0.1) is 11.8 Å². The van der Waals surface area contributed by atoms with Crippen LogP contribution in [0.2, 0.25) is 0 Å². The van der Waals surface area contributed by atoms with Gasteiger partial charge in [-0.05, 0) is 30.9 Å². The first-order chi connectivity index (χ1) is 10.6. The van der Waals surface area contributed by atoms with Crippen molar-refractivity contribution >= 4 is 6.03 Å². The number of urea groups is 1. The topological polar surface area (TPSA) is 74.2 Å². The molecule has 2 rings (SSSR count). The maximum atomic E-state index is 12.3. The number of aliphatic hydroxyl groups is 1. The van der Waals surface area contributed by atoms with Crippen LogP contribution in [0.15, 0.2) is 24.4 Å². The van der Waals surface area contributed by atoms with E-state index in [0.29, 0.717) is 0 Å². The number of amides is 2. The lowest BCUT2D eigenvalue weighted by atomic mass is 9.85. The van der Waals surface area contributed by atoms with Crippen molar-refractivity contribution in [1.29, 1.82) is 0 Å². The Morgan fingerprint density at radius 2 is 2.14 bits per heavy atom. The molecule has 1 aliphatic carbocycles. The second-order valence-corrected chi connectivity index (χ2v) is 6.43. The molecule has 22 heavy (non-hydrogen) atoms. The van der Waals surface area contributed by atoms with E-state index >= 15 is 0 Å². The van der Waals surface area contributed by atoms with E-state index in [9.17, 15) is 9.90 Å². The van der Waals surface area contributed by atoms with Crippen molar-refractivity contribution in [3.63, 3.8) is 0 Å². The molecule has 122 valence electrons. The quantitative estimate of drug-likeness (QED) is 0.783. The molecule has 0 aliphatic heterocycles. The summed E-state index contributed by atoms with van der Waals surface area (Å²) in [6, 6.07) is 5.51. The van der Waals surface area contributed by atoms with E-state index in [1.165, 1.54) is 0 Å². The van der Waals surface area contributed by atoms with Gasteiger partial charge in [0.25, 0.3) is 0 Å². The summed E-state index contributed by atoms with van der Waals surface area (Å²) >= 11 is 0. The Morgan fingerprint density at radius 1 is 1.36 bits per heavy atom. The highest BCUT2D eigenvalue weighted by molar-refractivity contribution is 5.74. The number of carbonyl (C=O) groups excluding carboxylic acids is 1. The van der Waals surface area contributed by atoms with Gasteiger partial charge in [-0.1, -0.05) is 32.8 Å². The van der Waals surface area contributed by atoms with Crippen molar-refractivity contribution in [2.75, 3.05) is 6.61 Å². The molecule has 0 unspecified atom stereocenters. The predicted molar refractivity (Wildman–Crippen MR) is 86.3 cm³/mol. The van der Waals surface area contributed by atoms with Crippen molar-refractivity contribution in [3.8, 4) is 0 Å². The molecule has 3 atom stereocenters. The average molecular weight is 305 g/mol. The molecule has 0 spiro atoms. The summed E-state index contributed by atoms with van der Waals surface area (Å²) in [5.74, 6) is 0.424. The summed E-state index contributed by atoms with van der Waals surface area (Å²) in [6.07, 6.45) is 5.90. The first kappa shape index (κ1) is 16.7. The Balaban J connectivity index is 1.96.